The number of benzene rings is 1. The Morgan fingerprint density at radius 3 is 2.92 bits per heavy atom. The van der Waals surface area contributed by atoms with Crippen LogP contribution in [0.4, 0.5) is 0 Å². The van der Waals surface area contributed by atoms with Crippen molar-refractivity contribution in [1.29, 1.82) is 0 Å². The topological polar surface area (TPSA) is 44.0 Å². The lowest BCUT2D eigenvalue weighted by atomic mass is 10.0. The Labute approximate surface area is 155 Å². The summed E-state index contributed by atoms with van der Waals surface area (Å²) in [5.74, 6) is 0. The Morgan fingerprint density at radius 1 is 1.08 bits per heavy atom. The molecule has 26 heavy (non-hydrogen) atoms. The van der Waals surface area contributed by atoms with Gasteiger partial charge in [0, 0.05) is 54.7 Å². The molecule has 1 aromatic carbocycles. The third kappa shape index (κ3) is 4.32. The first-order chi connectivity index (χ1) is 12.9. The molecule has 1 aliphatic heterocycles. The molecule has 136 valence electrons. The third-order valence-electron chi connectivity index (χ3n) is 5.36. The number of para-hydroxylation sites is 1. The average molecular weight is 348 g/mol. The Morgan fingerprint density at radius 2 is 2.00 bits per heavy atom. The minimum Gasteiger partial charge on any atom is -0.361 e. The zero-order valence-electron chi connectivity index (χ0n) is 15.3. The molecular weight excluding hydrogens is 320 g/mol. The molecule has 4 nitrogen and oxygen atoms in total. The van der Waals surface area contributed by atoms with Gasteiger partial charge in [0.05, 0.1) is 0 Å². The molecule has 1 aliphatic rings. The maximum atomic E-state index is 4.42. The second kappa shape index (κ2) is 8.47. The van der Waals surface area contributed by atoms with E-state index in [4.69, 9.17) is 0 Å². The van der Waals surface area contributed by atoms with Crippen LogP contribution in [-0.4, -0.2) is 47.1 Å². The number of nitrogens with one attached hydrogen (secondary N) is 2. The Hall–Kier alpha value is -2.17. The zero-order chi connectivity index (χ0) is 17.6. The number of aromatic amines is 1. The van der Waals surface area contributed by atoms with Gasteiger partial charge in [-0.3, -0.25) is 4.98 Å². The monoisotopic (exact) mass is 348 g/mol. The van der Waals surface area contributed by atoms with Crippen LogP contribution in [0.2, 0.25) is 0 Å². The van der Waals surface area contributed by atoms with Crippen molar-refractivity contribution in [3.63, 3.8) is 0 Å². The van der Waals surface area contributed by atoms with Gasteiger partial charge in [0.1, 0.15) is 0 Å². The van der Waals surface area contributed by atoms with Gasteiger partial charge in [0.15, 0.2) is 0 Å². The van der Waals surface area contributed by atoms with E-state index in [0.29, 0.717) is 6.04 Å². The fourth-order valence-corrected chi connectivity index (χ4v) is 3.99. The number of hydrogen-bond acceptors (Lipinski definition) is 3. The van der Waals surface area contributed by atoms with Crippen molar-refractivity contribution in [2.45, 2.75) is 31.7 Å². The predicted octanol–water partition coefficient (Wildman–Crippen LogP) is 3.40. The van der Waals surface area contributed by atoms with E-state index in [-0.39, 0.29) is 0 Å². The van der Waals surface area contributed by atoms with Crippen molar-refractivity contribution in [2.75, 3.05) is 26.2 Å². The molecule has 2 aromatic heterocycles. The summed E-state index contributed by atoms with van der Waals surface area (Å²) in [4.78, 5) is 10.4. The standard InChI is InChI=1S/C22H28N4/c1-2-10-22-21(9-1)18(16-25-22)15-20-17-26(14-12-24-20)13-6-4-8-19-7-3-5-11-23-19/h1-3,5,7,9-11,16,20,24-25H,4,6,8,12-15,17H2. The van der Waals surface area contributed by atoms with Crippen LogP contribution in [0.25, 0.3) is 10.9 Å². The molecule has 0 bridgehead atoms. The highest BCUT2D eigenvalue weighted by Crippen LogP contribution is 2.20. The SMILES string of the molecule is c1ccc(CCCCN2CCNC(Cc3c[nH]c4ccccc34)C2)nc1. The number of aryl methyl sites for hydroxylation is 1. The van der Waals surface area contributed by atoms with Gasteiger partial charge >= 0.3 is 0 Å². The molecule has 1 fully saturated rings. The molecule has 3 heterocycles. The van der Waals surface area contributed by atoms with Crippen LogP contribution in [0.1, 0.15) is 24.1 Å². The number of aromatic nitrogens is 2. The summed E-state index contributed by atoms with van der Waals surface area (Å²) in [6.45, 7) is 4.59. The van der Waals surface area contributed by atoms with E-state index in [1.54, 1.807) is 0 Å². The molecule has 4 rings (SSSR count). The average Bonchev–Trinajstić information content (AvgIpc) is 3.09. The highest BCUT2D eigenvalue weighted by atomic mass is 15.2. The minimum absolute atomic E-state index is 0.541. The molecule has 1 unspecified atom stereocenters. The van der Waals surface area contributed by atoms with Crippen LogP contribution in [0.15, 0.2) is 54.9 Å². The molecule has 0 saturated carbocycles. The minimum atomic E-state index is 0.541. The molecule has 0 amide bonds. The van der Waals surface area contributed by atoms with E-state index >= 15 is 0 Å². The maximum Gasteiger partial charge on any atom is 0.0456 e. The molecule has 1 atom stereocenters. The van der Waals surface area contributed by atoms with Gasteiger partial charge < -0.3 is 15.2 Å². The zero-order valence-corrected chi connectivity index (χ0v) is 15.3. The number of fused-ring (bicyclic) bond motifs is 1. The van der Waals surface area contributed by atoms with Gasteiger partial charge in [-0.25, -0.2) is 0 Å². The van der Waals surface area contributed by atoms with Gasteiger partial charge in [0.2, 0.25) is 0 Å². The number of hydrogen-bond donors (Lipinski definition) is 2. The summed E-state index contributed by atoms with van der Waals surface area (Å²) < 4.78 is 0. The van der Waals surface area contributed by atoms with E-state index in [1.165, 1.54) is 41.5 Å². The lowest BCUT2D eigenvalue weighted by molar-refractivity contribution is 0.196. The third-order valence-corrected chi connectivity index (χ3v) is 5.36. The second-order valence-electron chi connectivity index (χ2n) is 7.29. The van der Waals surface area contributed by atoms with Crippen molar-refractivity contribution in [2.24, 2.45) is 0 Å². The summed E-state index contributed by atoms with van der Waals surface area (Å²) in [5.41, 5.74) is 3.88. The van der Waals surface area contributed by atoms with Crippen LogP contribution in [0.3, 0.4) is 0 Å². The normalized spacial score (nSPS) is 18.4. The molecule has 0 spiro atoms. The number of piperazine rings is 1. The Kier molecular flexibility index (Phi) is 5.62. The highest BCUT2D eigenvalue weighted by molar-refractivity contribution is 5.83. The maximum absolute atomic E-state index is 4.42. The van der Waals surface area contributed by atoms with Crippen molar-refractivity contribution in [1.82, 2.24) is 20.2 Å². The summed E-state index contributed by atoms with van der Waals surface area (Å²) >= 11 is 0. The van der Waals surface area contributed by atoms with E-state index in [0.717, 1.165) is 32.5 Å². The predicted molar refractivity (Wildman–Crippen MR) is 107 cm³/mol. The lowest BCUT2D eigenvalue weighted by Gasteiger charge is -2.33. The summed E-state index contributed by atoms with van der Waals surface area (Å²) in [6.07, 6.45) is 8.71. The van der Waals surface area contributed by atoms with Crippen LogP contribution >= 0.6 is 0 Å². The molecule has 4 heteroatoms. The van der Waals surface area contributed by atoms with Crippen LogP contribution in [-0.2, 0) is 12.8 Å². The number of H-pyrrole nitrogens is 1. The van der Waals surface area contributed by atoms with Gasteiger partial charge in [-0.1, -0.05) is 24.3 Å². The quantitative estimate of drug-likeness (QED) is 0.643. The fraction of sp³-hybridized carbons (Fsp3) is 0.409. The van der Waals surface area contributed by atoms with Crippen molar-refractivity contribution in [3.8, 4) is 0 Å². The molecule has 1 saturated heterocycles. The van der Waals surface area contributed by atoms with Gasteiger partial charge in [-0.15, -0.1) is 0 Å². The molecule has 3 aromatic rings. The first-order valence-electron chi connectivity index (χ1n) is 9.79. The molecular formula is C22H28N4. The fourth-order valence-electron chi connectivity index (χ4n) is 3.99. The Bertz CT molecular complexity index is 811. The second-order valence-corrected chi connectivity index (χ2v) is 7.29. The van der Waals surface area contributed by atoms with Gasteiger partial charge in [-0.05, 0) is 56.0 Å². The van der Waals surface area contributed by atoms with Crippen LogP contribution < -0.4 is 5.32 Å². The van der Waals surface area contributed by atoms with Crippen molar-refractivity contribution < 1.29 is 0 Å². The number of unbranched alkanes of at least 4 members (excludes halogenated alkanes) is 1. The lowest BCUT2D eigenvalue weighted by Crippen LogP contribution is -2.51. The first kappa shape index (κ1) is 17.3. The molecule has 2 N–H and O–H groups in total. The largest absolute Gasteiger partial charge is 0.361 e. The van der Waals surface area contributed by atoms with Crippen LogP contribution in [0.5, 0.6) is 0 Å². The van der Waals surface area contributed by atoms with E-state index in [1.807, 2.05) is 12.3 Å². The van der Waals surface area contributed by atoms with E-state index in [9.17, 15) is 0 Å². The smallest absolute Gasteiger partial charge is 0.0456 e. The summed E-state index contributed by atoms with van der Waals surface area (Å²) in [6, 6.07) is 15.3. The number of pyridine rings is 1. The van der Waals surface area contributed by atoms with Crippen LogP contribution in [0, 0.1) is 0 Å². The summed E-state index contributed by atoms with van der Waals surface area (Å²) in [7, 11) is 0. The first-order valence-corrected chi connectivity index (χ1v) is 9.79. The number of nitrogens with zero attached hydrogens (tertiary/aromatic N) is 2. The molecule has 0 aliphatic carbocycles. The van der Waals surface area contributed by atoms with Crippen molar-refractivity contribution in [3.05, 3.63) is 66.1 Å². The Balaban J connectivity index is 1.25. The summed E-state index contributed by atoms with van der Waals surface area (Å²) in [5, 5.41) is 5.07. The number of rotatable bonds is 7. The van der Waals surface area contributed by atoms with E-state index < -0.39 is 0 Å². The molecule has 0 radical (unpaired) electrons. The van der Waals surface area contributed by atoms with E-state index in [2.05, 4.69) is 62.8 Å². The highest BCUT2D eigenvalue weighted by Gasteiger charge is 2.20. The van der Waals surface area contributed by atoms with Crippen molar-refractivity contribution >= 4 is 10.9 Å². The van der Waals surface area contributed by atoms with Gasteiger partial charge in [0.25, 0.3) is 0 Å². The van der Waals surface area contributed by atoms with Gasteiger partial charge in [-0.2, -0.15) is 0 Å².